The first-order valence-corrected chi connectivity index (χ1v) is 16.5. The van der Waals surface area contributed by atoms with E-state index in [-0.39, 0.29) is 12.6 Å². The normalized spacial score (nSPS) is 13.7. The van der Waals surface area contributed by atoms with Crippen molar-refractivity contribution in [2.75, 3.05) is 26.0 Å². The van der Waals surface area contributed by atoms with Crippen LogP contribution in [0, 0.1) is 0 Å². The van der Waals surface area contributed by atoms with Crippen LogP contribution in [0.15, 0.2) is 24.3 Å². The van der Waals surface area contributed by atoms with Crippen LogP contribution in [0.5, 0.6) is 0 Å². The molecule has 2 atom stereocenters. The molecule has 3 nitrogen and oxygen atoms in total. The van der Waals surface area contributed by atoms with E-state index < -0.39 is 0 Å². The molecule has 0 bridgehead atoms. The zero-order valence-electron chi connectivity index (χ0n) is 24.4. The predicted molar refractivity (Wildman–Crippen MR) is 164 cm³/mol. The van der Waals surface area contributed by atoms with Crippen molar-refractivity contribution in [2.24, 2.45) is 0 Å². The van der Waals surface area contributed by atoms with E-state index in [0.29, 0.717) is 0 Å². The van der Waals surface area contributed by atoms with Crippen molar-refractivity contribution in [1.82, 2.24) is 0 Å². The third-order valence-electron chi connectivity index (χ3n) is 6.81. The van der Waals surface area contributed by atoms with Gasteiger partial charge in [0.2, 0.25) is 0 Å². The summed E-state index contributed by atoms with van der Waals surface area (Å²) in [6.45, 7) is 0. The molecule has 0 saturated carbocycles. The summed E-state index contributed by atoms with van der Waals surface area (Å²) in [6, 6.07) is 0. The lowest BCUT2D eigenvalue weighted by atomic mass is 10.1. The Morgan fingerprint density at radius 2 is 0.730 bits per heavy atom. The van der Waals surface area contributed by atoms with E-state index in [1.54, 1.807) is 14.2 Å². The van der Waals surface area contributed by atoms with Gasteiger partial charge in [0.1, 0.15) is 0 Å². The van der Waals surface area contributed by atoms with E-state index in [1.807, 2.05) is 0 Å². The van der Waals surface area contributed by atoms with Gasteiger partial charge in [0.15, 0.2) is 12.6 Å². The second-order valence-electron chi connectivity index (χ2n) is 10.2. The zero-order chi connectivity index (χ0) is 27.1. The lowest BCUT2D eigenvalue weighted by Crippen LogP contribution is -2.25. The first kappa shape index (κ1) is 36.9. The second kappa shape index (κ2) is 32.2. The molecule has 0 heterocycles. The average molecular weight is 564 g/mol. The topological polar surface area (TPSA) is 27.7 Å². The molecule has 0 aromatic heterocycles. The van der Waals surface area contributed by atoms with Crippen LogP contribution >= 0.6 is 23.2 Å². The second-order valence-corrected chi connectivity index (χ2v) is 10.9. The molecule has 220 valence electrons. The van der Waals surface area contributed by atoms with Crippen LogP contribution in [-0.2, 0) is 14.2 Å². The summed E-state index contributed by atoms with van der Waals surface area (Å²) in [5.74, 6) is 1.62. The summed E-state index contributed by atoms with van der Waals surface area (Å²) in [4.78, 5) is 0. The fourth-order valence-electron chi connectivity index (χ4n) is 4.42. The first-order chi connectivity index (χ1) is 18.3. The van der Waals surface area contributed by atoms with Gasteiger partial charge in [-0.15, -0.1) is 23.2 Å². The Bertz CT molecular complexity index is 443. The number of unbranched alkanes of at least 4 members (excludes halogenated alkanes) is 16. The highest BCUT2D eigenvalue weighted by Gasteiger charge is 2.14. The standard InChI is InChI=1S/C32H60Cl2O3/c1-35-31(27-23-19-15-11-7-3-5-9-13-17-21-25-29-33)37-32(36-2)28-24-20-16-12-8-4-6-10-14-18-22-26-30-34/h15-16,19-20,31-32H,3-14,17-18,21-30H2,1-2H3. The molecule has 0 amide bonds. The molecule has 0 N–H and O–H groups in total. The molecule has 2 unspecified atom stereocenters. The average Bonchev–Trinajstić information content (AvgIpc) is 2.92. The Morgan fingerprint density at radius 3 is 1.05 bits per heavy atom. The molecule has 37 heavy (non-hydrogen) atoms. The Labute approximate surface area is 241 Å². The van der Waals surface area contributed by atoms with E-state index in [2.05, 4.69) is 24.3 Å². The molecular weight excluding hydrogens is 503 g/mol. The molecule has 0 aliphatic carbocycles. The van der Waals surface area contributed by atoms with E-state index >= 15 is 0 Å². The molecule has 0 radical (unpaired) electrons. The van der Waals surface area contributed by atoms with Crippen molar-refractivity contribution >= 4 is 23.2 Å². The van der Waals surface area contributed by atoms with Gasteiger partial charge in [-0.25, -0.2) is 0 Å². The summed E-state index contributed by atoms with van der Waals surface area (Å²) >= 11 is 11.4. The predicted octanol–water partition coefficient (Wildman–Crippen LogP) is 11.1. The summed E-state index contributed by atoms with van der Waals surface area (Å²) in [5.41, 5.74) is 0. The Morgan fingerprint density at radius 1 is 0.432 bits per heavy atom. The van der Waals surface area contributed by atoms with Crippen molar-refractivity contribution in [1.29, 1.82) is 0 Å². The van der Waals surface area contributed by atoms with Gasteiger partial charge in [-0.05, 0) is 51.4 Å². The summed E-state index contributed by atoms with van der Waals surface area (Å²) < 4.78 is 17.1. The third-order valence-corrected chi connectivity index (χ3v) is 7.34. The minimum Gasteiger partial charge on any atom is -0.356 e. The molecule has 0 aliphatic heterocycles. The van der Waals surface area contributed by atoms with Crippen molar-refractivity contribution in [3.05, 3.63) is 24.3 Å². The lowest BCUT2D eigenvalue weighted by Gasteiger charge is -2.22. The summed E-state index contributed by atoms with van der Waals surface area (Å²) in [5, 5.41) is 0. The smallest absolute Gasteiger partial charge is 0.160 e. The largest absolute Gasteiger partial charge is 0.356 e. The zero-order valence-corrected chi connectivity index (χ0v) is 25.9. The third kappa shape index (κ3) is 28.8. The maximum absolute atomic E-state index is 6.04. The number of hydrogen-bond donors (Lipinski definition) is 0. The van der Waals surface area contributed by atoms with Gasteiger partial charge >= 0.3 is 0 Å². The Balaban J connectivity index is 3.69. The van der Waals surface area contributed by atoms with Gasteiger partial charge in [-0.1, -0.05) is 101 Å². The molecule has 0 saturated heterocycles. The molecule has 0 rings (SSSR count). The van der Waals surface area contributed by atoms with Crippen LogP contribution < -0.4 is 0 Å². The van der Waals surface area contributed by atoms with Crippen molar-refractivity contribution in [3.63, 3.8) is 0 Å². The molecular formula is C32H60Cl2O3. The lowest BCUT2D eigenvalue weighted by molar-refractivity contribution is -0.232. The van der Waals surface area contributed by atoms with Crippen molar-refractivity contribution in [2.45, 2.75) is 154 Å². The first-order valence-electron chi connectivity index (χ1n) is 15.4. The van der Waals surface area contributed by atoms with Gasteiger partial charge in [0, 0.05) is 38.8 Å². The van der Waals surface area contributed by atoms with Crippen LogP contribution in [-0.4, -0.2) is 38.6 Å². The van der Waals surface area contributed by atoms with Gasteiger partial charge in [-0.2, -0.15) is 0 Å². The van der Waals surface area contributed by atoms with Gasteiger partial charge < -0.3 is 14.2 Å². The van der Waals surface area contributed by atoms with Gasteiger partial charge in [0.05, 0.1) is 0 Å². The van der Waals surface area contributed by atoms with Crippen LogP contribution in [0.1, 0.15) is 141 Å². The summed E-state index contributed by atoms with van der Waals surface area (Å²) in [6.07, 6.45) is 35.8. The Hall–Kier alpha value is -0.0600. The number of hydrogen-bond acceptors (Lipinski definition) is 3. The fourth-order valence-corrected chi connectivity index (χ4v) is 4.80. The van der Waals surface area contributed by atoms with Crippen LogP contribution in [0.2, 0.25) is 0 Å². The van der Waals surface area contributed by atoms with Crippen LogP contribution in [0.4, 0.5) is 0 Å². The number of rotatable bonds is 30. The Kier molecular flexibility index (Phi) is 32.1. The van der Waals surface area contributed by atoms with E-state index in [9.17, 15) is 0 Å². The monoisotopic (exact) mass is 562 g/mol. The van der Waals surface area contributed by atoms with Crippen molar-refractivity contribution < 1.29 is 14.2 Å². The highest BCUT2D eigenvalue weighted by molar-refractivity contribution is 6.18. The number of ether oxygens (including phenoxy) is 3. The number of halogens is 2. The van der Waals surface area contributed by atoms with E-state index in [0.717, 1.165) is 37.4 Å². The highest BCUT2D eigenvalue weighted by atomic mass is 35.5. The maximum Gasteiger partial charge on any atom is 0.160 e. The minimum absolute atomic E-state index is 0.215. The summed E-state index contributed by atoms with van der Waals surface area (Å²) in [7, 11) is 3.44. The van der Waals surface area contributed by atoms with Crippen LogP contribution in [0.3, 0.4) is 0 Å². The molecule has 0 aromatic rings. The number of alkyl halides is 2. The van der Waals surface area contributed by atoms with Crippen LogP contribution in [0.25, 0.3) is 0 Å². The fraction of sp³-hybridized carbons (Fsp3) is 0.875. The van der Waals surface area contributed by atoms with Gasteiger partial charge in [-0.3, -0.25) is 0 Å². The number of methoxy groups -OCH3 is 2. The van der Waals surface area contributed by atoms with E-state index in [1.165, 1.54) is 116 Å². The quantitative estimate of drug-likeness (QED) is 0.0376. The SMILES string of the molecule is COC(CCC=CCCCCCCCCCCCl)OC(CCC=CCCCCCCCCCCCl)OC. The minimum atomic E-state index is -0.215. The molecule has 0 fully saturated rings. The maximum atomic E-state index is 6.04. The molecule has 0 spiro atoms. The molecule has 5 heteroatoms. The van der Waals surface area contributed by atoms with Crippen molar-refractivity contribution in [3.8, 4) is 0 Å². The van der Waals surface area contributed by atoms with E-state index in [4.69, 9.17) is 37.4 Å². The van der Waals surface area contributed by atoms with Gasteiger partial charge in [0.25, 0.3) is 0 Å². The number of allylic oxidation sites excluding steroid dienone is 4. The highest BCUT2D eigenvalue weighted by Crippen LogP contribution is 2.15. The molecule has 0 aliphatic rings. The molecule has 0 aromatic carbocycles.